The third-order valence-corrected chi connectivity index (χ3v) is 6.92. The van der Waals surface area contributed by atoms with Crippen molar-refractivity contribution in [1.82, 2.24) is 9.88 Å². The van der Waals surface area contributed by atoms with E-state index in [0.29, 0.717) is 22.9 Å². The minimum Gasteiger partial charge on any atom is -0.451 e. The summed E-state index contributed by atoms with van der Waals surface area (Å²) in [5, 5.41) is 2.78. The van der Waals surface area contributed by atoms with Gasteiger partial charge in [0.2, 0.25) is 0 Å². The van der Waals surface area contributed by atoms with Crippen LogP contribution in [0, 0.1) is 0 Å². The lowest BCUT2D eigenvalue weighted by Gasteiger charge is -2.35. The Bertz CT molecular complexity index is 1490. The molecule has 1 N–H and O–H groups in total. The van der Waals surface area contributed by atoms with Gasteiger partial charge in [-0.1, -0.05) is 57.9 Å². The van der Waals surface area contributed by atoms with Gasteiger partial charge in [-0.3, -0.25) is 4.79 Å². The van der Waals surface area contributed by atoms with Gasteiger partial charge < -0.3 is 14.3 Å². The van der Waals surface area contributed by atoms with Gasteiger partial charge in [0.1, 0.15) is 5.58 Å². The highest BCUT2D eigenvalue weighted by Crippen LogP contribution is 2.39. The number of para-hydroxylation sites is 1. The number of aromatic amines is 1. The first-order chi connectivity index (χ1) is 15.6. The van der Waals surface area contributed by atoms with Gasteiger partial charge >= 0.3 is 0 Å². The number of fused-ring (bicyclic) bond motifs is 4. The average Bonchev–Trinajstić information content (AvgIpc) is 3.39. The number of carbonyl (C=O) groups is 1. The first-order valence-electron chi connectivity index (χ1n) is 10.4. The van der Waals surface area contributed by atoms with E-state index in [4.69, 9.17) is 16.0 Å². The van der Waals surface area contributed by atoms with E-state index in [1.807, 2.05) is 59.5 Å². The number of benzene rings is 3. The fraction of sp³-hybridized carbons (Fsp3) is 0.115. The molecule has 0 spiro atoms. The fourth-order valence-corrected chi connectivity index (χ4v) is 5.17. The second-order valence-corrected chi connectivity index (χ2v) is 9.41. The predicted molar refractivity (Wildman–Crippen MR) is 130 cm³/mol. The quantitative estimate of drug-likeness (QED) is 0.278. The molecule has 32 heavy (non-hydrogen) atoms. The van der Waals surface area contributed by atoms with Crippen LogP contribution in [0.1, 0.15) is 33.4 Å². The van der Waals surface area contributed by atoms with Gasteiger partial charge in [0.05, 0.1) is 6.04 Å². The van der Waals surface area contributed by atoms with Crippen molar-refractivity contribution < 1.29 is 9.21 Å². The molecule has 5 aromatic rings. The van der Waals surface area contributed by atoms with Crippen molar-refractivity contribution in [2.75, 3.05) is 6.54 Å². The Morgan fingerprint density at radius 2 is 1.88 bits per heavy atom. The van der Waals surface area contributed by atoms with E-state index in [9.17, 15) is 4.79 Å². The standard InChI is InChI=1S/C26H18BrClN2O2/c27-17-8-5-16-13-23(32-22(16)14-17)26(31)30-12-11-20-19-3-1-2-4-21(19)29-24(20)25(30)15-6-9-18(28)10-7-15/h1-10,13-14,25,29H,11-12H2/t25-/m1/s1. The van der Waals surface area contributed by atoms with Crippen LogP contribution in [0.25, 0.3) is 21.9 Å². The maximum absolute atomic E-state index is 13.7. The van der Waals surface area contributed by atoms with Crippen LogP contribution < -0.4 is 0 Å². The lowest BCUT2D eigenvalue weighted by atomic mass is 9.92. The average molecular weight is 506 g/mol. The van der Waals surface area contributed by atoms with Crippen molar-refractivity contribution in [2.24, 2.45) is 0 Å². The molecule has 0 radical (unpaired) electrons. The van der Waals surface area contributed by atoms with Crippen LogP contribution in [-0.4, -0.2) is 22.3 Å². The summed E-state index contributed by atoms with van der Waals surface area (Å²) in [6, 6.07) is 23.4. The number of nitrogens with one attached hydrogen (secondary N) is 1. The van der Waals surface area contributed by atoms with E-state index in [-0.39, 0.29) is 11.9 Å². The molecule has 1 aliphatic heterocycles. The number of furan rings is 1. The molecule has 3 heterocycles. The molecule has 0 saturated heterocycles. The lowest BCUT2D eigenvalue weighted by Crippen LogP contribution is -2.40. The number of aromatic nitrogens is 1. The van der Waals surface area contributed by atoms with Gasteiger partial charge in [-0.05, 0) is 60.0 Å². The molecular weight excluding hydrogens is 488 g/mol. The zero-order valence-corrected chi connectivity index (χ0v) is 19.3. The third kappa shape index (κ3) is 3.15. The highest BCUT2D eigenvalue weighted by Gasteiger charge is 2.36. The largest absolute Gasteiger partial charge is 0.451 e. The molecule has 2 aromatic heterocycles. The van der Waals surface area contributed by atoms with Crippen LogP contribution in [0.2, 0.25) is 5.02 Å². The van der Waals surface area contributed by atoms with Crippen LogP contribution in [0.5, 0.6) is 0 Å². The molecule has 0 aliphatic carbocycles. The third-order valence-electron chi connectivity index (χ3n) is 6.17. The zero-order valence-electron chi connectivity index (χ0n) is 16.9. The van der Waals surface area contributed by atoms with Gasteiger partial charge in [-0.15, -0.1) is 0 Å². The number of amides is 1. The first-order valence-corrected chi connectivity index (χ1v) is 11.6. The summed E-state index contributed by atoms with van der Waals surface area (Å²) in [7, 11) is 0. The number of nitrogens with zero attached hydrogens (tertiary/aromatic N) is 1. The van der Waals surface area contributed by atoms with Crippen molar-refractivity contribution >= 4 is 55.3 Å². The zero-order chi connectivity index (χ0) is 21.8. The van der Waals surface area contributed by atoms with Gasteiger partial charge in [0, 0.05) is 38.0 Å². The molecule has 0 bridgehead atoms. The summed E-state index contributed by atoms with van der Waals surface area (Å²) >= 11 is 9.63. The minimum absolute atomic E-state index is 0.124. The van der Waals surface area contributed by atoms with Crippen LogP contribution >= 0.6 is 27.5 Å². The number of hydrogen-bond donors (Lipinski definition) is 1. The van der Waals surface area contributed by atoms with Gasteiger partial charge in [0.25, 0.3) is 5.91 Å². The molecule has 6 heteroatoms. The maximum Gasteiger partial charge on any atom is 0.290 e. The van der Waals surface area contributed by atoms with Gasteiger partial charge in [-0.25, -0.2) is 0 Å². The molecule has 0 unspecified atom stereocenters. The van der Waals surface area contributed by atoms with E-state index < -0.39 is 0 Å². The smallest absolute Gasteiger partial charge is 0.290 e. The van der Waals surface area contributed by atoms with Gasteiger partial charge in [0.15, 0.2) is 5.76 Å². The Balaban J connectivity index is 1.49. The fourth-order valence-electron chi connectivity index (χ4n) is 4.70. The predicted octanol–water partition coefficient (Wildman–Crippen LogP) is 7.12. The number of H-pyrrole nitrogens is 1. The summed E-state index contributed by atoms with van der Waals surface area (Å²) in [6.07, 6.45) is 0.779. The second-order valence-electron chi connectivity index (χ2n) is 8.06. The molecule has 4 nitrogen and oxygen atoms in total. The normalized spacial score (nSPS) is 15.9. The molecule has 0 saturated carbocycles. The number of halogens is 2. The van der Waals surface area contributed by atoms with Crippen molar-refractivity contribution in [3.63, 3.8) is 0 Å². The summed E-state index contributed by atoms with van der Waals surface area (Å²) in [5.41, 5.74) is 5.09. The lowest BCUT2D eigenvalue weighted by molar-refractivity contribution is 0.0662. The Labute approximate surface area is 197 Å². The molecule has 6 rings (SSSR count). The molecule has 158 valence electrons. The Hall–Kier alpha value is -3.02. The van der Waals surface area contributed by atoms with Gasteiger partial charge in [-0.2, -0.15) is 0 Å². The number of carbonyl (C=O) groups excluding carboxylic acids is 1. The highest BCUT2D eigenvalue weighted by molar-refractivity contribution is 9.10. The molecular formula is C26H18BrClN2O2. The molecule has 1 amide bonds. The summed E-state index contributed by atoms with van der Waals surface area (Å²) in [4.78, 5) is 19.2. The monoisotopic (exact) mass is 504 g/mol. The van der Waals surface area contributed by atoms with Crippen LogP contribution in [0.4, 0.5) is 0 Å². The van der Waals surface area contributed by atoms with E-state index in [2.05, 4.69) is 39.1 Å². The van der Waals surface area contributed by atoms with Crippen molar-refractivity contribution in [3.8, 4) is 0 Å². The Kier molecular flexibility index (Phi) is 4.63. The number of rotatable bonds is 2. The highest BCUT2D eigenvalue weighted by atomic mass is 79.9. The molecule has 0 fully saturated rings. The first kappa shape index (κ1) is 19.6. The van der Waals surface area contributed by atoms with Crippen LogP contribution in [0.3, 0.4) is 0 Å². The number of hydrogen-bond acceptors (Lipinski definition) is 2. The van der Waals surface area contributed by atoms with Crippen LogP contribution in [-0.2, 0) is 6.42 Å². The Morgan fingerprint density at radius 1 is 1.06 bits per heavy atom. The van der Waals surface area contributed by atoms with E-state index in [1.54, 1.807) is 0 Å². The van der Waals surface area contributed by atoms with Crippen molar-refractivity contribution in [3.05, 3.63) is 105 Å². The SMILES string of the molecule is O=C(c1cc2ccc(Br)cc2o1)N1CCc2c([nH]c3ccccc23)[C@H]1c1ccc(Cl)cc1. The van der Waals surface area contributed by atoms with Crippen molar-refractivity contribution in [2.45, 2.75) is 12.5 Å². The van der Waals surface area contributed by atoms with Crippen LogP contribution in [0.15, 0.2) is 81.7 Å². The van der Waals surface area contributed by atoms with E-state index >= 15 is 0 Å². The van der Waals surface area contributed by atoms with E-state index in [0.717, 1.165) is 33.1 Å². The Morgan fingerprint density at radius 3 is 2.72 bits per heavy atom. The molecule has 1 atom stereocenters. The molecule has 3 aromatic carbocycles. The maximum atomic E-state index is 13.7. The summed E-state index contributed by atoms with van der Waals surface area (Å²) in [5.74, 6) is 0.221. The summed E-state index contributed by atoms with van der Waals surface area (Å²) < 4.78 is 6.88. The second kappa shape index (κ2) is 7.54. The van der Waals surface area contributed by atoms with E-state index in [1.165, 1.54) is 10.9 Å². The minimum atomic E-state index is -0.254. The van der Waals surface area contributed by atoms with Crippen molar-refractivity contribution in [1.29, 1.82) is 0 Å². The molecule has 1 aliphatic rings. The topological polar surface area (TPSA) is 49.2 Å². The summed E-state index contributed by atoms with van der Waals surface area (Å²) in [6.45, 7) is 0.599.